The van der Waals surface area contributed by atoms with Crippen molar-refractivity contribution in [3.63, 3.8) is 0 Å². The van der Waals surface area contributed by atoms with Gasteiger partial charge in [-0.1, -0.05) is 12.1 Å². The average Bonchev–Trinajstić information content (AvgIpc) is 2.36. The van der Waals surface area contributed by atoms with Crippen LogP contribution in [0.2, 0.25) is 0 Å². The first-order valence-corrected chi connectivity index (χ1v) is 6.42. The lowest BCUT2D eigenvalue weighted by atomic mass is 10.0. The van der Waals surface area contributed by atoms with E-state index in [2.05, 4.69) is 0 Å². The van der Waals surface area contributed by atoms with Crippen LogP contribution in [0.1, 0.15) is 32.8 Å². The number of ketones is 1. The molecular formula is C15H18FNO4. The van der Waals surface area contributed by atoms with Gasteiger partial charge in [-0.3, -0.25) is 9.59 Å². The smallest absolute Gasteiger partial charge is 0.372 e. The number of amides is 1. The number of carboxylic acids is 1. The van der Waals surface area contributed by atoms with Crippen LogP contribution in [-0.4, -0.2) is 33.2 Å². The lowest BCUT2D eigenvalue weighted by molar-refractivity contribution is -0.152. The van der Waals surface area contributed by atoms with Crippen molar-refractivity contribution in [2.45, 2.75) is 39.3 Å². The van der Waals surface area contributed by atoms with Crippen molar-refractivity contribution in [2.75, 3.05) is 0 Å². The normalized spacial score (nSPS) is 11.0. The number of rotatable bonds is 5. The first-order chi connectivity index (χ1) is 9.61. The molecule has 0 aliphatic carbocycles. The van der Waals surface area contributed by atoms with Crippen LogP contribution in [0, 0.1) is 5.82 Å². The predicted octanol–water partition coefficient (Wildman–Crippen LogP) is 2.00. The van der Waals surface area contributed by atoms with Gasteiger partial charge in [0.2, 0.25) is 11.7 Å². The van der Waals surface area contributed by atoms with Crippen LogP contribution in [0.4, 0.5) is 4.39 Å². The molecule has 1 aromatic carbocycles. The van der Waals surface area contributed by atoms with Gasteiger partial charge in [0.15, 0.2) is 0 Å². The van der Waals surface area contributed by atoms with Gasteiger partial charge < -0.3 is 10.0 Å². The van der Waals surface area contributed by atoms with E-state index in [4.69, 9.17) is 5.11 Å². The number of aliphatic carboxylic acids is 1. The maximum absolute atomic E-state index is 12.9. The third-order valence-electron chi connectivity index (χ3n) is 2.92. The summed E-state index contributed by atoms with van der Waals surface area (Å²) in [5.41, 5.74) is 0.104. The first kappa shape index (κ1) is 16.8. The highest BCUT2D eigenvalue weighted by Gasteiger charge is 2.29. The van der Waals surface area contributed by atoms with E-state index < -0.39 is 29.6 Å². The molecule has 21 heavy (non-hydrogen) atoms. The Morgan fingerprint density at radius 1 is 1.14 bits per heavy atom. The average molecular weight is 295 g/mol. The van der Waals surface area contributed by atoms with Crippen LogP contribution in [0.5, 0.6) is 0 Å². The van der Waals surface area contributed by atoms with E-state index >= 15 is 0 Å². The molecule has 1 aromatic rings. The number of nitrogens with zero attached hydrogens (tertiary/aromatic N) is 1. The Morgan fingerprint density at radius 2 is 1.67 bits per heavy atom. The fourth-order valence-electron chi connectivity index (χ4n) is 1.78. The Morgan fingerprint density at radius 3 is 2.10 bits per heavy atom. The third kappa shape index (κ3) is 4.98. The van der Waals surface area contributed by atoms with Crippen LogP contribution >= 0.6 is 0 Å². The zero-order valence-corrected chi connectivity index (χ0v) is 12.2. The van der Waals surface area contributed by atoms with Gasteiger partial charge in [0.05, 0.1) is 6.42 Å². The second-order valence-corrected chi connectivity index (χ2v) is 5.68. The zero-order chi connectivity index (χ0) is 16.2. The summed E-state index contributed by atoms with van der Waals surface area (Å²) >= 11 is 0. The fraction of sp³-hybridized carbons (Fsp3) is 0.400. The third-order valence-corrected chi connectivity index (χ3v) is 2.92. The summed E-state index contributed by atoms with van der Waals surface area (Å²) in [6.07, 6.45) is -0.687. The lowest BCUT2D eigenvalue weighted by Gasteiger charge is -2.35. The number of hydrogen-bond acceptors (Lipinski definition) is 3. The van der Waals surface area contributed by atoms with Crippen molar-refractivity contribution >= 4 is 17.7 Å². The van der Waals surface area contributed by atoms with Crippen molar-refractivity contribution in [3.8, 4) is 0 Å². The molecule has 1 amide bonds. The fourth-order valence-corrected chi connectivity index (χ4v) is 1.78. The molecule has 0 unspecified atom stereocenters. The van der Waals surface area contributed by atoms with Gasteiger partial charge in [0, 0.05) is 12.1 Å². The summed E-state index contributed by atoms with van der Waals surface area (Å²) in [6.45, 7) is 5.51. The molecule has 1 rings (SSSR count). The predicted molar refractivity (Wildman–Crippen MR) is 74.0 cm³/mol. The molecule has 0 atom stereocenters. The summed E-state index contributed by atoms with van der Waals surface area (Å²) < 4.78 is 12.9. The SMILES string of the molecule is CC(C)(C)N(Cc1ccc(F)cc1)C(=O)CC(=O)C(=O)O. The van der Waals surface area contributed by atoms with Crippen LogP contribution in [-0.2, 0) is 20.9 Å². The maximum Gasteiger partial charge on any atom is 0.372 e. The number of Topliss-reactive ketones (excluding diaryl/α,β-unsaturated/α-hetero) is 1. The van der Waals surface area contributed by atoms with Crippen LogP contribution < -0.4 is 0 Å². The van der Waals surface area contributed by atoms with Crippen molar-refractivity contribution in [2.24, 2.45) is 0 Å². The quantitative estimate of drug-likeness (QED) is 0.666. The first-order valence-electron chi connectivity index (χ1n) is 6.42. The number of carbonyl (C=O) groups is 3. The summed E-state index contributed by atoms with van der Waals surface area (Å²) in [5.74, 6) is -3.72. The molecule has 0 radical (unpaired) electrons. The lowest BCUT2D eigenvalue weighted by Crippen LogP contribution is -2.46. The topological polar surface area (TPSA) is 74.7 Å². The molecule has 114 valence electrons. The highest BCUT2D eigenvalue weighted by molar-refractivity contribution is 6.36. The van der Waals surface area contributed by atoms with Gasteiger partial charge in [0.1, 0.15) is 5.82 Å². The van der Waals surface area contributed by atoms with Crippen LogP contribution in [0.3, 0.4) is 0 Å². The van der Waals surface area contributed by atoms with E-state index in [1.165, 1.54) is 17.0 Å². The summed E-state index contributed by atoms with van der Waals surface area (Å²) in [5, 5.41) is 8.57. The molecule has 0 bridgehead atoms. The summed E-state index contributed by atoms with van der Waals surface area (Å²) in [4.78, 5) is 35.3. The van der Waals surface area contributed by atoms with Crippen molar-refractivity contribution in [1.82, 2.24) is 4.90 Å². The minimum Gasteiger partial charge on any atom is -0.475 e. The number of hydrogen-bond donors (Lipinski definition) is 1. The highest BCUT2D eigenvalue weighted by atomic mass is 19.1. The van der Waals surface area contributed by atoms with E-state index in [1.54, 1.807) is 32.9 Å². The molecule has 5 nitrogen and oxygen atoms in total. The number of halogens is 1. The number of carboxylic acid groups (broad SMARTS) is 1. The molecule has 0 saturated heterocycles. The Labute approximate surface area is 122 Å². The van der Waals surface area contributed by atoms with Crippen molar-refractivity contribution < 1.29 is 23.9 Å². The molecule has 0 fully saturated rings. The van der Waals surface area contributed by atoms with E-state index in [-0.39, 0.29) is 12.4 Å². The minimum atomic E-state index is -1.63. The van der Waals surface area contributed by atoms with Gasteiger partial charge in [-0.2, -0.15) is 0 Å². The van der Waals surface area contributed by atoms with Gasteiger partial charge in [-0.25, -0.2) is 9.18 Å². The Balaban J connectivity index is 2.91. The van der Waals surface area contributed by atoms with E-state index in [0.717, 1.165) is 0 Å². The minimum absolute atomic E-state index is 0.176. The second kappa shape index (κ2) is 6.47. The molecule has 0 aromatic heterocycles. The van der Waals surface area contributed by atoms with E-state index in [0.29, 0.717) is 5.56 Å². The summed E-state index contributed by atoms with van der Waals surface area (Å²) in [6, 6.07) is 5.65. The van der Waals surface area contributed by atoms with Gasteiger partial charge in [-0.05, 0) is 38.5 Å². The number of carbonyl (C=O) groups excluding carboxylic acids is 2. The van der Waals surface area contributed by atoms with E-state index in [9.17, 15) is 18.8 Å². The second-order valence-electron chi connectivity index (χ2n) is 5.68. The van der Waals surface area contributed by atoms with Gasteiger partial charge >= 0.3 is 5.97 Å². The summed E-state index contributed by atoms with van der Waals surface area (Å²) in [7, 11) is 0. The Bertz CT molecular complexity index is 546. The number of benzene rings is 1. The van der Waals surface area contributed by atoms with Crippen LogP contribution in [0.15, 0.2) is 24.3 Å². The molecule has 0 saturated carbocycles. The maximum atomic E-state index is 12.9. The highest BCUT2D eigenvalue weighted by Crippen LogP contribution is 2.19. The van der Waals surface area contributed by atoms with Crippen molar-refractivity contribution in [1.29, 1.82) is 0 Å². The van der Waals surface area contributed by atoms with E-state index in [1.807, 2.05) is 0 Å². The molecule has 0 aliphatic rings. The molecule has 0 heterocycles. The standard InChI is InChI=1S/C15H18FNO4/c1-15(2,3)17(13(19)8-12(18)14(20)21)9-10-4-6-11(16)7-5-10/h4-7H,8-9H2,1-3H3,(H,20,21). The molecular weight excluding hydrogens is 277 g/mol. The molecule has 0 spiro atoms. The molecule has 0 aliphatic heterocycles. The van der Waals surface area contributed by atoms with Gasteiger partial charge in [-0.15, -0.1) is 0 Å². The Kier molecular flexibility index (Phi) is 5.18. The van der Waals surface area contributed by atoms with Crippen LogP contribution in [0.25, 0.3) is 0 Å². The molecule has 1 N–H and O–H groups in total. The Hall–Kier alpha value is -2.24. The van der Waals surface area contributed by atoms with Gasteiger partial charge in [0.25, 0.3) is 0 Å². The molecule has 6 heteroatoms. The zero-order valence-electron chi connectivity index (χ0n) is 12.2. The largest absolute Gasteiger partial charge is 0.475 e. The monoisotopic (exact) mass is 295 g/mol. The van der Waals surface area contributed by atoms with Crippen molar-refractivity contribution in [3.05, 3.63) is 35.6 Å².